The van der Waals surface area contributed by atoms with Gasteiger partial charge < -0.3 is 14.2 Å². The molecule has 5 rings (SSSR count). The van der Waals surface area contributed by atoms with Crippen molar-refractivity contribution in [3.63, 3.8) is 0 Å². The van der Waals surface area contributed by atoms with Crippen molar-refractivity contribution in [1.29, 1.82) is 0 Å². The van der Waals surface area contributed by atoms with Gasteiger partial charge in [0, 0.05) is 36.5 Å². The van der Waals surface area contributed by atoms with Gasteiger partial charge in [0.2, 0.25) is 0 Å². The molecule has 1 aliphatic carbocycles. The molecule has 0 N–H and O–H groups in total. The van der Waals surface area contributed by atoms with E-state index in [1.165, 1.54) is 26.0 Å². The summed E-state index contributed by atoms with van der Waals surface area (Å²) in [5, 5.41) is 0. The fraction of sp³-hybridized carbons (Fsp3) is 0.412. The lowest BCUT2D eigenvalue weighted by molar-refractivity contribution is -0.148. The van der Waals surface area contributed by atoms with Crippen LogP contribution in [0.3, 0.4) is 0 Å². The van der Waals surface area contributed by atoms with E-state index in [0.717, 1.165) is 27.8 Å². The number of hydrogen-bond acceptors (Lipinski definition) is 6. The standard InChI is InChI=1S/C34H37F3N2O4/c1-5-42-31(40)19-41-17-22-10-11-24(38-16-22)18-43-25-14-29(35)32(30(36)15-25)33-28-13-23-8-6-7-9-26(23)27(28)12-21(2)39(33)20-34(3,4)37/h6-11,14-16,21,33H,5,12-13,17-20H2,1-4H3/t21-,33+/m1/s1. The van der Waals surface area contributed by atoms with Crippen LogP contribution in [0.5, 0.6) is 5.75 Å². The number of halogens is 3. The lowest BCUT2D eigenvalue weighted by Gasteiger charge is -2.44. The van der Waals surface area contributed by atoms with Crippen LogP contribution in [0.25, 0.3) is 5.57 Å². The SMILES string of the molecule is CCOC(=O)COCc1ccc(COc2cc(F)c([C@@H]3C4=C(C[C@@H](C)N3CC(C)(C)F)c3ccccc3C4)c(F)c2)nc1. The van der Waals surface area contributed by atoms with Crippen LogP contribution in [0.4, 0.5) is 13.2 Å². The molecule has 2 atom stereocenters. The van der Waals surface area contributed by atoms with Crippen molar-refractivity contribution in [2.24, 2.45) is 0 Å². The van der Waals surface area contributed by atoms with E-state index >= 15 is 13.2 Å². The molecule has 9 heteroatoms. The Labute approximate surface area is 250 Å². The Morgan fingerprint density at radius 2 is 1.84 bits per heavy atom. The van der Waals surface area contributed by atoms with Gasteiger partial charge in [-0.3, -0.25) is 9.88 Å². The fourth-order valence-electron chi connectivity index (χ4n) is 5.99. The monoisotopic (exact) mass is 594 g/mol. The second-order valence-electron chi connectivity index (χ2n) is 11.7. The first kappa shape index (κ1) is 30.8. The molecule has 2 aliphatic rings. The van der Waals surface area contributed by atoms with Gasteiger partial charge >= 0.3 is 5.97 Å². The number of pyridine rings is 1. The summed E-state index contributed by atoms with van der Waals surface area (Å²) in [6.45, 7) is 7.05. The highest BCUT2D eigenvalue weighted by molar-refractivity contribution is 5.79. The quantitative estimate of drug-likeness (QED) is 0.225. The van der Waals surface area contributed by atoms with Crippen molar-refractivity contribution in [2.75, 3.05) is 19.8 Å². The predicted molar refractivity (Wildman–Crippen MR) is 157 cm³/mol. The molecule has 0 radical (unpaired) electrons. The Kier molecular flexibility index (Phi) is 9.22. The van der Waals surface area contributed by atoms with E-state index in [0.29, 0.717) is 25.1 Å². The minimum Gasteiger partial charge on any atom is -0.487 e. The van der Waals surface area contributed by atoms with Gasteiger partial charge in [0.05, 0.1) is 24.9 Å². The molecule has 2 heterocycles. The van der Waals surface area contributed by atoms with E-state index in [1.54, 1.807) is 25.3 Å². The number of carbonyl (C=O) groups excluding carboxylic acids is 1. The maximum atomic E-state index is 15.9. The Balaban J connectivity index is 1.34. The first-order chi connectivity index (χ1) is 20.5. The van der Waals surface area contributed by atoms with Crippen molar-refractivity contribution in [1.82, 2.24) is 9.88 Å². The van der Waals surface area contributed by atoms with E-state index < -0.39 is 29.3 Å². The first-order valence-electron chi connectivity index (χ1n) is 14.6. The van der Waals surface area contributed by atoms with E-state index in [-0.39, 0.29) is 43.7 Å². The van der Waals surface area contributed by atoms with E-state index in [2.05, 4.69) is 11.1 Å². The second-order valence-corrected chi connectivity index (χ2v) is 11.7. The maximum absolute atomic E-state index is 15.9. The molecule has 0 spiro atoms. The number of esters is 1. The average Bonchev–Trinajstić information content (AvgIpc) is 3.31. The molecule has 0 saturated carbocycles. The topological polar surface area (TPSA) is 60.9 Å². The molecule has 0 amide bonds. The number of benzene rings is 2. The molecule has 3 aromatic rings. The molecule has 6 nitrogen and oxygen atoms in total. The minimum atomic E-state index is -1.55. The summed E-state index contributed by atoms with van der Waals surface area (Å²) in [5.41, 5.74) is 3.91. The van der Waals surface area contributed by atoms with Gasteiger partial charge in [-0.25, -0.2) is 18.0 Å². The third-order valence-corrected chi connectivity index (χ3v) is 7.79. The number of rotatable bonds is 11. The molecule has 1 aromatic heterocycles. The highest BCUT2D eigenvalue weighted by Crippen LogP contribution is 2.50. The van der Waals surface area contributed by atoms with Gasteiger partial charge in [0.25, 0.3) is 0 Å². The van der Waals surface area contributed by atoms with E-state index in [9.17, 15) is 4.79 Å². The summed E-state index contributed by atoms with van der Waals surface area (Å²) in [7, 11) is 0. The second kappa shape index (κ2) is 12.9. The average molecular weight is 595 g/mol. The van der Waals surface area contributed by atoms with Crippen LogP contribution < -0.4 is 4.74 Å². The fourth-order valence-corrected chi connectivity index (χ4v) is 5.99. The Bertz CT molecular complexity index is 1480. The van der Waals surface area contributed by atoms with Crippen molar-refractivity contribution >= 4 is 11.5 Å². The lowest BCUT2D eigenvalue weighted by Crippen LogP contribution is -2.47. The molecule has 228 valence electrons. The molecule has 0 saturated heterocycles. The van der Waals surface area contributed by atoms with Crippen LogP contribution in [0.2, 0.25) is 0 Å². The number of hydrogen-bond donors (Lipinski definition) is 0. The molecule has 0 unspecified atom stereocenters. The minimum absolute atomic E-state index is 0.00454. The predicted octanol–water partition coefficient (Wildman–Crippen LogP) is 6.91. The zero-order valence-corrected chi connectivity index (χ0v) is 25.0. The normalized spacial score (nSPS) is 18.4. The van der Waals surface area contributed by atoms with Crippen LogP contribution >= 0.6 is 0 Å². The summed E-state index contributed by atoms with van der Waals surface area (Å²) in [4.78, 5) is 17.6. The highest BCUT2D eigenvalue weighted by atomic mass is 19.1. The van der Waals surface area contributed by atoms with Crippen molar-refractivity contribution < 1.29 is 32.2 Å². The largest absolute Gasteiger partial charge is 0.487 e. The lowest BCUT2D eigenvalue weighted by atomic mass is 9.84. The number of nitrogens with zero attached hydrogens (tertiary/aromatic N) is 2. The highest BCUT2D eigenvalue weighted by Gasteiger charge is 2.43. The zero-order chi connectivity index (χ0) is 30.7. The van der Waals surface area contributed by atoms with Crippen LogP contribution in [0.15, 0.2) is 60.3 Å². The molecular formula is C34H37F3N2O4. The smallest absolute Gasteiger partial charge is 0.332 e. The zero-order valence-electron chi connectivity index (χ0n) is 25.0. The molecule has 0 bridgehead atoms. The Hall–Kier alpha value is -3.69. The van der Waals surface area contributed by atoms with Gasteiger partial charge in [-0.2, -0.15) is 0 Å². The van der Waals surface area contributed by atoms with Gasteiger partial charge in [-0.1, -0.05) is 30.3 Å². The number of ether oxygens (including phenoxy) is 3. The maximum Gasteiger partial charge on any atom is 0.332 e. The van der Waals surface area contributed by atoms with Crippen LogP contribution in [0.1, 0.15) is 68.1 Å². The summed E-state index contributed by atoms with van der Waals surface area (Å²) in [6, 6.07) is 13.0. The number of fused-ring (bicyclic) bond motifs is 2. The van der Waals surface area contributed by atoms with E-state index in [1.807, 2.05) is 30.0 Å². The van der Waals surface area contributed by atoms with E-state index in [4.69, 9.17) is 14.2 Å². The van der Waals surface area contributed by atoms with Crippen LogP contribution in [-0.2, 0) is 33.9 Å². The number of alkyl halides is 1. The summed E-state index contributed by atoms with van der Waals surface area (Å²) in [5.74, 6) is -1.87. The van der Waals surface area contributed by atoms with Crippen molar-refractivity contribution in [3.8, 4) is 5.75 Å². The van der Waals surface area contributed by atoms with Crippen molar-refractivity contribution in [2.45, 2.75) is 71.5 Å². The molecule has 2 aromatic carbocycles. The molecule has 1 aliphatic heterocycles. The summed E-state index contributed by atoms with van der Waals surface area (Å²) in [6.07, 6.45) is 2.84. The third kappa shape index (κ3) is 7.11. The molecular weight excluding hydrogens is 557 g/mol. The third-order valence-electron chi connectivity index (χ3n) is 7.79. The Morgan fingerprint density at radius 3 is 2.51 bits per heavy atom. The first-order valence-corrected chi connectivity index (χ1v) is 14.6. The van der Waals surface area contributed by atoms with Gasteiger partial charge in [-0.15, -0.1) is 0 Å². The number of carbonyl (C=O) groups is 1. The number of aromatic nitrogens is 1. The van der Waals surface area contributed by atoms with Gasteiger partial charge in [-0.05, 0) is 74.4 Å². The Morgan fingerprint density at radius 1 is 1.09 bits per heavy atom. The van der Waals surface area contributed by atoms with Crippen molar-refractivity contribution in [3.05, 3.63) is 99.9 Å². The van der Waals surface area contributed by atoms with Gasteiger partial charge in [0.15, 0.2) is 0 Å². The summed E-state index contributed by atoms with van der Waals surface area (Å²) < 4.78 is 62.7. The van der Waals surface area contributed by atoms with Crippen LogP contribution in [0, 0.1) is 11.6 Å². The van der Waals surface area contributed by atoms with Crippen LogP contribution in [-0.4, -0.2) is 47.3 Å². The molecule has 0 fully saturated rings. The van der Waals surface area contributed by atoms with Gasteiger partial charge in [0.1, 0.15) is 36.3 Å². The molecule has 43 heavy (non-hydrogen) atoms. The summed E-state index contributed by atoms with van der Waals surface area (Å²) >= 11 is 0.